The SMILES string of the molecule is CC(C)(C)C(=O)/C=C(\O)C(C)(C)C.Cc1ccc2ccnc(-c3[c-]cc(C)c(C)c3C)c2c1.[Ir]. The molecular weight excluding hydrogens is 599 g/mol. The summed E-state index contributed by atoms with van der Waals surface area (Å²) in [7, 11) is 0. The normalized spacial score (nSPS) is 12.0. The number of carbonyl (C=O) groups is 1. The van der Waals surface area contributed by atoms with Crippen molar-refractivity contribution >= 4 is 16.6 Å². The summed E-state index contributed by atoms with van der Waals surface area (Å²) in [5.41, 5.74) is 6.52. The topological polar surface area (TPSA) is 50.2 Å². The molecule has 4 heteroatoms. The number of aliphatic hydroxyl groups excluding tert-OH is 1. The van der Waals surface area contributed by atoms with Crippen molar-refractivity contribution in [1.82, 2.24) is 4.98 Å². The number of carbonyl (C=O) groups excluding carboxylic acids is 1. The fraction of sp³-hybridized carbons (Fsp3) is 0.400. The van der Waals surface area contributed by atoms with Gasteiger partial charge in [-0.3, -0.25) is 4.79 Å². The quantitative estimate of drug-likeness (QED) is 0.176. The Balaban J connectivity index is 0.000000364. The second kappa shape index (κ2) is 11.4. The number of nitrogens with zero attached hydrogens (tertiary/aromatic N) is 1. The number of pyridine rings is 1. The van der Waals surface area contributed by atoms with Gasteiger partial charge in [0.05, 0.1) is 0 Å². The van der Waals surface area contributed by atoms with E-state index >= 15 is 0 Å². The molecule has 1 heterocycles. The van der Waals surface area contributed by atoms with Crippen molar-refractivity contribution in [3.63, 3.8) is 0 Å². The number of aryl methyl sites for hydroxylation is 2. The van der Waals surface area contributed by atoms with E-state index in [9.17, 15) is 9.90 Å². The van der Waals surface area contributed by atoms with Crippen molar-refractivity contribution in [1.29, 1.82) is 0 Å². The van der Waals surface area contributed by atoms with E-state index in [4.69, 9.17) is 0 Å². The van der Waals surface area contributed by atoms with Gasteiger partial charge in [-0.15, -0.1) is 34.4 Å². The number of aromatic nitrogens is 1. The fourth-order valence-corrected chi connectivity index (χ4v) is 3.16. The van der Waals surface area contributed by atoms with Crippen LogP contribution in [0.3, 0.4) is 0 Å². The molecule has 3 aromatic rings. The van der Waals surface area contributed by atoms with Crippen LogP contribution in [-0.4, -0.2) is 15.9 Å². The molecule has 0 saturated carbocycles. The summed E-state index contributed by atoms with van der Waals surface area (Å²) >= 11 is 0. The Morgan fingerprint density at radius 3 is 2.12 bits per heavy atom. The first-order valence-electron chi connectivity index (χ1n) is 11.4. The van der Waals surface area contributed by atoms with Gasteiger partial charge in [-0.2, -0.15) is 0 Å². The van der Waals surface area contributed by atoms with Crippen molar-refractivity contribution in [3.05, 3.63) is 76.7 Å². The number of rotatable bonds is 2. The monoisotopic (exact) mass is 637 g/mol. The number of allylic oxidation sites excluding steroid dienone is 2. The molecular formula is C30H38IrNO2-. The summed E-state index contributed by atoms with van der Waals surface area (Å²) in [6.07, 6.45) is 3.22. The van der Waals surface area contributed by atoms with Crippen LogP contribution >= 0.6 is 0 Å². The van der Waals surface area contributed by atoms with Crippen LogP contribution in [0.25, 0.3) is 22.0 Å². The number of aliphatic hydroxyl groups is 1. The molecule has 0 spiro atoms. The van der Waals surface area contributed by atoms with Gasteiger partial charge in [0.2, 0.25) is 0 Å². The van der Waals surface area contributed by atoms with Crippen LogP contribution in [0, 0.1) is 44.6 Å². The first-order valence-corrected chi connectivity index (χ1v) is 11.4. The Bertz CT molecular complexity index is 1190. The zero-order valence-electron chi connectivity index (χ0n) is 22.2. The van der Waals surface area contributed by atoms with E-state index in [2.05, 4.69) is 69.1 Å². The summed E-state index contributed by atoms with van der Waals surface area (Å²) < 4.78 is 0. The Morgan fingerprint density at radius 1 is 0.941 bits per heavy atom. The third-order valence-corrected chi connectivity index (χ3v) is 5.90. The van der Waals surface area contributed by atoms with E-state index in [1.807, 2.05) is 47.7 Å². The number of fused-ring (bicyclic) bond motifs is 1. The van der Waals surface area contributed by atoms with E-state index < -0.39 is 5.41 Å². The first kappa shape index (κ1) is 29.7. The van der Waals surface area contributed by atoms with Crippen molar-refractivity contribution in [2.75, 3.05) is 0 Å². The predicted octanol–water partition coefficient (Wildman–Crippen LogP) is 8.02. The molecule has 0 aliphatic rings. The molecule has 1 aromatic heterocycles. The van der Waals surface area contributed by atoms with Gasteiger partial charge in [0.1, 0.15) is 5.76 Å². The maximum absolute atomic E-state index is 11.5. The molecule has 3 rings (SSSR count). The molecule has 0 aliphatic carbocycles. The standard InChI is InChI=1S/C19H18N.C11H20O2.Ir/c1-12-5-7-16-9-10-20-19(18(16)11-12)17-8-6-13(2)14(3)15(17)4;1-10(2,3)8(12)7-9(13)11(4,5)6;/h5-7,9-11H,1-4H3;7,12H,1-6H3;/q-1;;/b;8-7-;. The maximum atomic E-state index is 11.5. The maximum Gasteiger partial charge on any atom is 0.164 e. The van der Waals surface area contributed by atoms with Gasteiger partial charge in [-0.05, 0) is 29.5 Å². The number of hydrogen-bond acceptors (Lipinski definition) is 3. The molecule has 0 fully saturated rings. The summed E-state index contributed by atoms with van der Waals surface area (Å²) in [5.74, 6) is 0.104. The van der Waals surface area contributed by atoms with Gasteiger partial charge in [-0.25, -0.2) is 0 Å². The first-order chi connectivity index (χ1) is 15.1. The van der Waals surface area contributed by atoms with Gasteiger partial charge in [0.15, 0.2) is 5.78 Å². The molecule has 0 atom stereocenters. The average molecular weight is 637 g/mol. The van der Waals surface area contributed by atoms with E-state index in [1.54, 1.807) is 0 Å². The zero-order valence-corrected chi connectivity index (χ0v) is 24.6. The van der Waals surface area contributed by atoms with E-state index in [1.165, 1.54) is 39.1 Å². The van der Waals surface area contributed by atoms with Crippen LogP contribution in [0.4, 0.5) is 0 Å². The van der Waals surface area contributed by atoms with Gasteiger partial charge >= 0.3 is 0 Å². The van der Waals surface area contributed by atoms with Crippen molar-refractivity contribution in [2.45, 2.75) is 69.2 Å². The molecule has 0 unspecified atom stereocenters. The van der Waals surface area contributed by atoms with Gasteiger partial charge in [0.25, 0.3) is 0 Å². The van der Waals surface area contributed by atoms with Crippen LogP contribution in [-0.2, 0) is 24.9 Å². The van der Waals surface area contributed by atoms with E-state index in [-0.39, 0.29) is 37.1 Å². The summed E-state index contributed by atoms with van der Waals surface area (Å²) in [4.78, 5) is 16.1. The number of benzene rings is 2. The largest absolute Gasteiger partial charge is 0.512 e. The number of ketones is 1. The van der Waals surface area contributed by atoms with Crippen molar-refractivity contribution in [2.24, 2.45) is 10.8 Å². The molecule has 3 nitrogen and oxygen atoms in total. The molecule has 0 saturated heterocycles. The number of hydrogen-bond donors (Lipinski definition) is 1. The smallest absolute Gasteiger partial charge is 0.164 e. The van der Waals surface area contributed by atoms with Crippen LogP contribution in [0.5, 0.6) is 0 Å². The van der Waals surface area contributed by atoms with E-state index in [0.29, 0.717) is 0 Å². The second-order valence-electron chi connectivity index (χ2n) is 10.9. The molecule has 1 radical (unpaired) electrons. The van der Waals surface area contributed by atoms with Crippen molar-refractivity contribution in [3.8, 4) is 11.3 Å². The minimum Gasteiger partial charge on any atom is -0.512 e. The third kappa shape index (κ3) is 7.35. The van der Waals surface area contributed by atoms with E-state index in [0.717, 1.165) is 11.3 Å². The van der Waals surface area contributed by atoms with Gasteiger partial charge in [-0.1, -0.05) is 86.1 Å². The van der Waals surface area contributed by atoms with Crippen molar-refractivity contribution < 1.29 is 30.0 Å². The third-order valence-electron chi connectivity index (χ3n) is 5.90. The minimum atomic E-state index is -0.417. The predicted molar refractivity (Wildman–Crippen MR) is 140 cm³/mol. The molecule has 0 amide bonds. The Labute approximate surface area is 219 Å². The van der Waals surface area contributed by atoms with Crippen LogP contribution in [0.2, 0.25) is 0 Å². The molecule has 185 valence electrons. The van der Waals surface area contributed by atoms with Gasteiger partial charge in [0, 0.05) is 43.2 Å². The Kier molecular flexibility index (Phi) is 9.99. The zero-order chi connectivity index (χ0) is 25.1. The molecule has 0 bridgehead atoms. The molecule has 2 aromatic carbocycles. The Hall–Kier alpha value is -2.29. The van der Waals surface area contributed by atoms with Crippen LogP contribution in [0.15, 0.2) is 48.4 Å². The molecule has 34 heavy (non-hydrogen) atoms. The average Bonchev–Trinajstić information content (AvgIpc) is 2.71. The molecule has 1 N–H and O–H groups in total. The second-order valence-corrected chi connectivity index (χ2v) is 10.9. The van der Waals surface area contributed by atoms with Crippen LogP contribution < -0.4 is 0 Å². The van der Waals surface area contributed by atoms with Crippen LogP contribution in [0.1, 0.15) is 63.8 Å². The summed E-state index contributed by atoms with van der Waals surface area (Å²) in [6.45, 7) is 19.7. The summed E-state index contributed by atoms with van der Waals surface area (Å²) in [5, 5.41) is 12.0. The Morgan fingerprint density at radius 2 is 1.56 bits per heavy atom. The van der Waals surface area contributed by atoms with Gasteiger partial charge < -0.3 is 10.1 Å². The fourth-order valence-electron chi connectivity index (χ4n) is 3.16. The molecule has 0 aliphatic heterocycles. The summed E-state index contributed by atoms with van der Waals surface area (Å²) in [6, 6.07) is 14.0. The minimum absolute atomic E-state index is 0.